The van der Waals surface area contributed by atoms with Gasteiger partial charge in [-0.05, 0) is 55.5 Å². The van der Waals surface area contributed by atoms with Gasteiger partial charge in [-0.3, -0.25) is 4.90 Å². The summed E-state index contributed by atoms with van der Waals surface area (Å²) in [5, 5.41) is 7.42. The lowest BCUT2D eigenvalue weighted by Gasteiger charge is -2.36. The first-order valence-corrected chi connectivity index (χ1v) is 12.3. The average molecular weight is 489 g/mol. The molecule has 3 aromatic rings. The molecule has 3 aliphatic rings. The fourth-order valence-corrected chi connectivity index (χ4v) is 4.95. The van der Waals surface area contributed by atoms with E-state index in [9.17, 15) is 4.79 Å². The lowest BCUT2D eigenvalue weighted by Crippen LogP contribution is -2.48. The molecular weight excluding hydrogens is 460 g/mol. The predicted octanol–water partition coefficient (Wildman–Crippen LogP) is 4.70. The lowest BCUT2D eigenvalue weighted by molar-refractivity contribution is 0.0877. The Hall–Kier alpha value is -3.85. The molecule has 4 heterocycles. The molecule has 2 unspecified atom stereocenters. The van der Waals surface area contributed by atoms with E-state index in [-0.39, 0.29) is 18.9 Å². The number of ether oxygens (including phenoxy) is 3. The van der Waals surface area contributed by atoms with Gasteiger partial charge in [0.25, 0.3) is 5.89 Å². The van der Waals surface area contributed by atoms with Crippen LogP contribution in [-0.4, -0.2) is 47.1 Å². The summed E-state index contributed by atoms with van der Waals surface area (Å²) in [5.74, 6) is 2.14. The average Bonchev–Trinajstić information content (AvgIpc) is 3.68. The molecule has 6 rings (SSSR count). The van der Waals surface area contributed by atoms with Crippen molar-refractivity contribution in [3.63, 3.8) is 0 Å². The van der Waals surface area contributed by atoms with Gasteiger partial charge in [-0.15, -0.1) is 0 Å². The van der Waals surface area contributed by atoms with Crippen LogP contribution in [0.15, 0.2) is 52.7 Å². The molecule has 2 aromatic carbocycles. The van der Waals surface area contributed by atoms with Gasteiger partial charge in [0.05, 0.1) is 24.3 Å². The lowest BCUT2D eigenvalue weighted by atomic mass is 9.93. The number of fused-ring (bicyclic) bond motifs is 1. The van der Waals surface area contributed by atoms with Gasteiger partial charge in [0.2, 0.25) is 12.6 Å². The summed E-state index contributed by atoms with van der Waals surface area (Å²) in [5.41, 5.74) is 4.49. The van der Waals surface area contributed by atoms with Crippen LogP contribution < -0.4 is 14.8 Å². The van der Waals surface area contributed by atoms with Crippen LogP contribution in [0.5, 0.6) is 11.5 Å². The number of hydrogen-bond acceptors (Lipinski definition) is 7. The van der Waals surface area contributed by atoms with Crippen LogP contribution in [0, 0.1) is 0 Å². The number of nitrogens with one attached hydrogen (secondary N) is 1. The standard InChI is InChI=1S/C27H28N4O5/c1-3-17-6-8-18(9-7-17)24-23(16(2)31(27(32)28-24)14-20-5-4-12-33-20)26-29-25(30-36-26)19-10-11-21-22(13-19)35-15-34-21/h6-11,13,20,24H,3-5,12,14-15H2,1-2H3,(H,28,32). The van der Waals surface area contributed by atoms with Crippen LogP contribution in [0.1, 0.15) is 49.7 Å². The van der Waals surface area contributed by atoms with Gasteiger partial charge in [0.15, 0.2) is 11.5 Å². The molecular formula is C27H28N4O5. The number of carbonyl (C=O) groups excluding carboxylic acids is 1. The Balaban J connectivity index is 1.39. The minimum absolute atomic E-state index is 0.0132. The van der Waals surface area contributed by atoms with E-state index < -0.39 is 6.04 Å². The first kappa shape index (κ1) is 22.6. The molecule has 2 amide bonds. The molecule has 9 heteroatoms. The summed E-state index contributed by atoms with van der Waals surface area (Å²) in [6, 6.07) is 13.2. The third-order valence-corrected chi connectivity index (χ3v) is 7.02. The van der Waals surface area contributed by atoms with Crippen molar-refractivity contribution in [3.8, 4) is 22.9 Å². The van der Waals surface area contributed by atoms with Crippen molar-refractivity contribution in [1.29, 1.82) is 0 Å². The Labute approximate surface area is 209 Å². The normalized spacial score (nSPS) is 21.3. The molecule has 186 valence electrons. The summed E-state index contributed by atoms with van der Waals surface area (Å²) in [7, 11) is 0. The Kier molecular flexibility index (Phi) is 5.85. The number of rotatable bonds is 6. The fraction of sp³-hybridized carbons (Fsp3) is 0.370. The molecule has 1 N–H and O–H groups in total. The maximum Gasteiger partial charge on any atom is 0.322 e. The van der Waals surface area contributed by atoms with Crippen molar-refractivity contribution in [2.75, 3.05) is 19.9 Å². The van der Waals surface area contributed by atoms with Crippen molar-refractivity contribution in [1.82, 2.24) is 20.4 Å². The van der Waals surface area contributed by atoms with Crippen molar-refractivity contribution in [2.24, 2.45) is 0 Å². The minimum atomic E-state index is -0.422. The second-order valence-electron chi connectivity index (χ2n) is 9.21. The van der Waals surface area contributed by atoms with Gasteiger partial charge >= 0.3 is 6.03 Å². The number of benzene rings is 2. The zero-order valence-electron chi connectivity index (χ0n) is 20.3. The predicted molar refractivity (Wildman–Crippen MR) is 131 cm³/mol. The van der Waals surface area contributed by atoms with Gasteiger partial charge in [0, 0.05) is 17.9 Å². The highest BCUT2D eigenvalue weighted by Crippen LogP contribution is 2.39. The first-order valence-electron chi connectivity index (χ1n) is 12.3. The smallest absolute Gasteiger partial charge is 0.322 e. The zero-order valence-corrected chi connectivity index (χ0v) is 20.3. The second-order valence-corrected chi connectivity index (χ2v) is 9.21. The van der Waals surface area contributed by atoms with Gasteiger partial charge in [-0.1, -0.05) is 36.3 Å². The maximum atomic E-state index is 13.2. The van der Waals surface area contributed by atoms with Crippen molar-refractivity contribution < 1.29 is 23.5 Å². The molecule has 9 nitrogen and oxygen atoms in total. The summed E-state index contributed by atoms with van der Waals surface area (Å²) >= 11 is 0. The third kappa shape index (κ3) is 4.09. The van der Waals surface area contributed by atoms with E-state index in [0.717, 1.165) is 48.3 Å². The number of aryl methyl sites for hydroxylation is 1. The SMILES string of the molecule is CCc1ccc(C2NC(=O)N(CC3CCCO3)C(C)=C2c2nc(-c3ccc4c(c3)OCO4)no2)cc1. The van der Waals surface area contributed by atoms with Crippen molar-refractivity contribution >= 4 is 11.6 Å². The van der Waals surface area contributed by atoms with Crippen LogP contribution in [-0.2, 0) is 11.2 Å². The number of allylic oxidation sites excluding steroid dienone is 1. The van der Waals surface area contributed by atoms with E-state index >= 15 is 0 Å². The van der Waals surface area contributed by atoms with Gasteiger partial charge in [-0.2, -0.15) is 4.98 Å². The minimum Gasteiger partial charge on any atom is -0.454 e. The highest BCUT2D eigenvalue weighted by molar-refractivity contribution is 5.87. The van der Waals surface area contributed by atoms with Crippen LogP contribution in [0.2, 0.25) is 0 Å². The first-order chi connectivity index (χ1) is 17.6. The molecule has 1 saturated heterocycles. The highest BCUT2D eigenvalue weighted by atomic mass is 16.7. The number of hydrogen-bond donors (Lipinski definition) is 1. The van der Waals surface area contributed by atoms with Gasteiger partial charge in [0.1, 0.15) is 0 Å². The van der Waals surface area contributed by atoms with Gasteiger partial charge in [-0.25, -0.2) is 4.79 Å². The quantitative estimate of drug-likeness (QED) is 0.537. The largest absolute Gasteiger partial charge is 0.454 e. The van der Waals surface area contributed by atoms with Crippen LogP contribution in [0.3, 0.4) is 0 Å². The molecule has 3 aliphatic heterocycles. The van der Waals surface area contributed by atoms with E-state index in [0.29, 0.717) is 29.8 Å². The second kappa shape index (κ2) is 9.31. The van der Waals surface area contributed by atoms with E-state index in [1.807, 2.05) is 37.3 Å². The molecule has 0 radical (unpaired) electrons. The molecule has 2 atom stereocenters. The molecule has 1 fully saturated rings. The molecule has 0 spiro atoms. The Morgan fingerprint density at radius 1 is 1.11 bits per heavy atom. The number of urea groups is 1. The Bertz CT molecular complexity index is 1310. The Morgan fingerprint density at radius 2 is 1.94 bits per heavy atom. The number of aromatic nitrogens is 2. The van der Waals surface area contributed by atoms with Crippen LogP contribution >= 0.6 is 0 Å². The van der Waals surface area contributed by atoms with Crippen molar-refractivity contribution in [3.05, 3.63) is 65.2 Å². The maximum absolute atomic E-state index is 13.2. The van der Waals surface area contributed by atoms with E-state index in [1.54, 1.807) is 4.90 Å². The number of carbonyl (C=O) groups is 1. The number of amides is 2. The Morgan fingerprint density at radius 3 is 2.72 bits per heavy atom. The molecule has 0 aliphatic carbocycles. The fourth-order valence-electron chi connectivity index (χ4n) is 4.95. The summed E-state index contributed by atoms with van der Waals surface area (Å²) < 4.78 is 22.5. The van der Waals surface area contributed by atoms with E-state index in [4.69, 9.17) is 23.7 Å². The summed E-state index contributed by atoms with van der Waals surface area (Å²) in [6.45, 7) is 5.45. The molecule has 0 bridgehead atoms. The van der Waals surface area contributed by atoms with Crippen LogP contribution in [0.4, 0.5) is 4.79 Å². The molecule has 0 saturated carbocycles. The third-order valence-electron chi connectivity index (χ3n) is 7.02. The van der Waals surface area contributed by atoms with Gasteiger partial charge < -0.3 is 24.1 Å². The number of nitrogens with zero attached hydrogens (tertiary/aromatic N) is 3. The summed E-state index contributed by atoms with van der Waals surface area (Å²) in [4.78, 5) is 19.7. The van der Waals surface area contributed by atoms with Crippen molar-refractivity contribution in [2.45, 2.75) is 45.3 Å². The van der Waals surface area contributed by atoms with E-state index in [1.165, 1.54) is 5.56 Å². The zero-order chi connectivity index (χ0) is 24.6. The monoisotopic (exact) mass is 488 g/mol. The molecule has 36 heavy (non-hydrogen) atoms. The highest BCUT2D eigenvalue weighted by Gasteiger charge is 2.37. The topological polar surface area (TPSA) is 99.0 Å². The summed E-state index contributed by atoms with van der Waals surface area (Å²) in [6.07, 6.45) is 2.89. The molecule has 1 aromatic heterocycles. The van der Waals surface area contributed by atoms with Crippen LogP contribution in [0.25, 0.3) is 17.0 Å². The van der Waals surface area contributed by atoms with E-state index in [2.05, 4.69) is 29.5 Å².